The van der Waals surface area contributed by atoms with Gasteiger partial charge in [0.2, 0.25) is 0 Å². The third-order valence-corrected chi connectivity index (χ3v) is 2.84. The van der Waals surface area contributed by atoms with Crippen molar-refractivity contribution in [3.8, 4) is 11.5 Å². The first kappa shape index (κ1) is 10.8. The molecule has 0 atom stereocenters. The first-order chi connectivity index (χ1) is 7.48. The molecule has 86 valence electrons. The Kier molecular flexibility index (Phi) is 2.27. The number of hydrogen-bond acceptors (Lipinski definition) is 5. The predicted molar refractivity (Wildman–Crippen MR) is 56.2 cm³/mol. The van der Waals surface area contributed by atoms with E-state index in [2.05, 4.69) is 4.74 Å². The maximum atomic E-state index is 11.3. The normalized spacial score (nSPS) is 16.9. The number of benzene rings is 1. The standard InChI is InChI=1S/C11H13NO4/c1-16-10(15)6-4-7(11(12)2-3-11)9(14)5-8(6)13/h4-5,13-14H,2-3,12H2,1H3. The smallest absolute Gasteiger partial charge is 0.341 e. The summed E-state index contributed by atoms with van der Waals surface area (Å²) < 4.78 is 4.52. The Morgan fingerprint density at radius 1 is 1.38 bits per heavy atom. The molecule has 1 fully saturated rings. The van der Waals surface area contributed by atoms with Crippen LogP contribution in [0.5, 0.6) is 11.5 Å². The van der Waals surface area contributed by atoms with Crippen molar-refractivity contribution < 1.29 is 19.7 Å². The van der Waals surface area contributed by atoms with Crippen molar-refractivity contribution in [3.05, 3.63) is 23.3 Å². The van der Waals surface area contributed by atoms with E-state index in [0.29, 0.717) is 5.56 Å². The molecule has 0 aliphatic heterocycles. The number of carbonyl (C=O) groups excluding carboxylic acids is 1. The minimum Gasteiger partial charge on any atom is -0.507 e. The van der Waals surface area contributed by atoms with Crippen molar-refractivity contribution in [3.63, 3.8) is 0 Å². The van der Waals surface area contributed by atoms with E-state index in [0.717, 1.165) is 18.9 Å². The molecule has 0 unspecified atom stereocenters. The largest absolute Gasteiger partial charge is 0.507 e. The summed E-state index contributed by atoms with van der Waals surface area (Å²) in [6, 6.07) is 2.51. The Morgan fingerprint density at radius 3 is 2.50 bits per heavy atom. The number of methoxy groups -OCH3 is 1. The maximum Gasteiger partial charge on any atom is 0.341 e. The van der Waals surface area contributed by atoms with Crippen molar-refractivity contribution in [2.75, 3.05) is 7.11 Å². The number of rotatable bonds is 2. The molecular weight excluding hydrogens is 210 g/mol. The molecule has 5 nitrogen and oxygen atoms in total. The van der Waals surface area contributed by atoms with Crippen LogP contribution in [0.15, 0.2) is 12.1 Å². The third-order valence-electron chi connectivity index (χ3n) is 2.84. The first-order valence-electron chi connectivity index (χ1n) is 4.91. The zero-order chi connectivity index (χ0) is 11.9. The summed E-state index contributed by atoms with van der Waals surface area (Å²) in [4.78, 5) is 11.3. The molecule has 1 aliphatic rings. The number of phenolic OH excluding ortho intramolecular Hbond substituents is 2. The molecule has 4 N–H and O–H groups in total. The topological polar surface area (TPSA) is 92.8 Å². The van der Waals surface area contributed by atoms with Gasteiger partial charge in [0.15, 0.2) is 0 Å². The summed E-state index contributed by atoms with van der Waals surface area (Å²) >= 11 is 0. The van der Waals surface area contributed by atoms with Crippen LogP contribution in [0.3, 0.4) is 0 Å². The lowest BCUT2D eigenvalue weighted by Gasteiger charge is -2.13. The van der Waals surface area contributed by atoms with Gasteiger partial charge in [0.1, 0.15) is 17.1 Å². The van der Waals surface area contributed by atoms with E-state index in [-0.39, 0.29) is 17.1 Å². The summed E-state index contributed by atoms with van der Waals surface area (Å²) in [7, 11) is 1.23. The van der Waals surface area contributed by atoms with Crippen molar-refractivity contribution in [1.29, 1.82) is 0 Å². The number of aromatic hydroxyl groups is 2. The lowest BCUT2D eigenvalue weighted by Crippen LogP contribution is -2.19. The second kappa shape index (κ2) is 3.38. The Balaban J connectivity index is 2.51. The van der Waals surface area contributed by atoms with Crippen LogP contribution in [-0.2, 0) is 10.3 Å². The van der Waals surface area contributed by atoms with Crippen LogP contribution in [0.4, 0.5) is 0 Å². The van der Waals surface area contributed by atoms with Gasteiger partial charge in [-0.15, -0.1) is 0 Å². The van der Waals surface area contributed by atoms with E-state index in [1.54, 1.807) is 0 Å². The summed E-state index contributed by atoms with van der Waals surface area (Å²) in [5, 5.41) is 19.2. The lowest BCUT2D eigenvalue weighted by atomic mass is 10.0. The number of nitrogens with two attached hydrogens (primary N) is 1. The van der Waals surface area contributed by atoms with Crippen LogP contribution in [0.25, 0.3) is 0 Å². The van der Waals surface area contributed by atoms with E-state index in [4.69, 9.17) is 5.73 Å². The summed E-state index contributed by atoms with van der Waals surface area (Å²) in [6.07, 6.45) is 1.51. The van der Waals surface area contributed by atoms with E-state index in [9.17, 15) is 15.0 Å². The van der Waals surface area contributed by atoms with Crippen LogP contribution in [0.1, 0.15) is 28.8 Å². The SMILES string of the molecule is COC(=O)c1cc(C2(N)CC2)c(O)cc1O. The minimum absolute atomic E-state index is 0.0204. The molecule has 0 saturated heterocycles. The van der Waals surface area contributed by atoms with Gasteiger partial charge in [-0.25, -0.2) is 4.79 Å². The van der Waals surface area contributed by atoms with E-state index in [1.165, 1.54) is 13.2 Å². The molecule has 0 heterocycles. The molecule has 0 spiro atoms. The number of ether oxygens (including phenoxy) is 1. The monoisotopic (exact) mass is 223 g/mol. The molecule has 0 amide bonds. The van der Waals surface area contributed by atoms with E-state index in [1.807, 2.05) is 0 Å². The summed E-state index contributed by atoms with van der Waals surface area (Å²) in [5.41, 5.74) is 5.86. The minimum atomic E-state index is -0.650. The fraction of sp³-hybridized carbons (Fsp3) is 0.364. The Hall–Kier alpha value is -1.75. The molecule has 1 aliphatic carbocycles. The van der Waals surface area contributed by atoms with Crippen molar-refractivity contribution in [2.45, 2.75) is 18.4 Å². The van der Waals surface area contributed by atoms with Gasteiger partial charge in [-0.05, 0) is 18.9 Å². The predicted octanol–water partition coefficient (Wildman–Crippen LogP) is 0.832. The number of hydrogen-bond donors (Lipinski definition) is 3. The zero-order valence-corrected chi connectivity index (χ0v) is 8.86. The molecule has 0 aromatic heterocycles. The van der Waals surface area contributed by atoms with Crippen molar-refractivity contribution in [2.24, 2.45) is 5.73 Å². The van der Waals surface area contributed by atoms with Gasteiger partial charge in [-0.3, -0.25) is 0 Å². The summed E-state index contributed by atoms with van der Waals surface area (Å²) in [5.74, 6) is -1.05. The van der Waals surface area contributed by atoms with Crippen LogP contribution in [0.2, 0.25) is 0 Å². The molecule has 2 rings (SSSR count). The van der Waals surface area contributed by atoms with Gasteiger partial charge in [0, 0.05) is 17.2 Å². The van der Waals surface area contributed by atoms with Gasteiger partial charge in [0.25, 0.3) is 0 Å². The van der Waals surface area contributed by atoms with Crippen LogP contribution in [0, 0.1) is 0 Å². The highest BCUT2D eigenvalue weighted by Crippen LogP contribution is 2.47. The molecule has 0 radical (unpaired) electrons. The van der Waals surface area contributed by atoms with Crippen LogP contribution >= 0.6 is 0 Å². The second-order valence-electron chi connectivity index (χ2n) is 4.03. The van der Waals surface area contributed by atoms with Gasteiger partial charge < -0.3 is 20.7 Å². The molecule has 16 heavy (non-hydrogen) atoms. The number of esters is 1. The molecule has 1 saturated carbocycles. The number of phenols is 2. The van der Waals surface area contributed by atoms with E-state index >= 15 is 0 Å². The third kappa shape index (κ3) is 1.59. The lowest BCUT2D eigenvalue weighted by molar-refractivity contribution is 0.0597. The van der Waals surface area contributed by atoms with Gasteiger partial charge in [-0.2, -0.15) is 0 Å². The second-order valence-corrected chi connectivity index (χ2v) is 4.03. The average molecular weight is 223 g/mol. The highest BCUT2D eigenvalue weighted by Gasteiger charge is 2.42. The van der Waals surface area contributed by atoms with Gasteiger partial charge in [-0.1, -0.05) is 0 Å². The highest BCUT2D eigenvalue weighted by atomic mass is 16.5. The number of carbonyl (C=O) groups is 1. The van der Waals surface area contributed by atoms with E-state index < -0.39 is 11.5 Å². The summed E-state index contributed by atoms with van der Waals surface area (Å²) in [6.45, 7) is 0. The Bertz CT molecular complexity index is 452. The first-order valence-corrected chi connectivity index (χ1v) is 4.91. The quantitative estimate of drug-likeness (QED) is 0.646. The fourth-order valence-electron chi connectivity index (χ4n) is 1.65. The molecule has 1 aromatic rings. The van der Waals surface area contributed by atoms with Crippen molar-refractivity contribution in [1.82, 2.24) is 0 Å². The fourth-order valence-corrected chi connectivity index (χ4v) is 1.65. The molecule has 1 aromatic carbocycles. The average Bonchev–Trinajstić information content (AvgIpc) is 2.96. The van der Waals surface area contributed by atoms with Crippen LogP contribution < -0.4 is 5.73 Å². The van der Waals surface area contributed by atoms with Crippen molar-refractivity contribution >= 4 is 5.97 Å². The molecule has 5 heteroatoms. The van der Waals surface area contributed by atoms with Crippen LogP contribution in [-0.4, -0.2) is 23.3 Å². The Labute approximate surface area is 92.5 Å². The highest BCUT2D eigenvalue weighted by molar-refractivity contribution is 5.93. The maximum absolute atomic E-state index is 11.3. The van der Waals surface area contributed by atoms with Gasteiger partial charge in [0.05, 0.1) is 7.11 Å². The van der Waals surface area contributed by atoms with Gasteiger partial charge >= 0.3 is 5.97 Å². The molecule has 0 bridgehead atoms. The Morgan fingerprint density at radius 2 is 2.00 bits per heavy atom. The molecular formula is C11H13NO4. The zero-order valence-electron chi connectivity index (χ0n) is 8.86.